The highest BCUT2D eigenvalue weighted by Gasteiger charge is 2.30. The first kappa shape index (κ1) is 15.3. The van der Waals surface area contributed by atoms with Crippen molar-refractivity contribution in [2.45, 2.75) is 19.5 Å². The minimum absolute atomic E-state index is 0.0562. The molecule has 1 N–H and O–H groups in total. The van der Waals surface area contributed by atoms with Crippen LogP contribution in [-0.4, -0.2) is 37.1 Å². The largest absolute Gasteiger partial charge is 0.329 e. The second-order valence-corrected chi connectivity index (χ2v) is 6.15. The standard InChI is InChI=1S/C18H17N5O2/c1-12-10-22(18(25)14-7-8-16(24)19-9-14)11-15-20-21-17(23(12)15)13-5-3-2-4-6-13/h2-9,12H,10-11H2,1H3,(H,19,24)/t12-/m0/s1. The van der Waals surface area contributed by atoms with Gasteiger partial charge in [0.15, 0.2) is 11.6 Å². The molecule has 0 radical (unpaired) electrons. The number of hydrogen-bond donors (Lipinski definition) is 1. The van der Waals surface area contributed by atoms with E-state index in [2.05, 4.69) is 19.7 Å². The van der Waals surface area contributed by atoms with Crippen molar-refractivity contribution in [2.24, 2.45) is 0 Å². The van der Waals surface area contributed by atoms with Crippen LogP contribution in [-0.2, 0) is 6.54 Å². The lowest BCUT2D eigenvalue weighted by atomic mass is 10.1. The van der Waals surface area contributed by atoms with Gasteiger partial charge in [0.05, 0.1) is 18.2 Å². The van der Waals surface area contributed by atoms with Crippen LogP contribution < -0.4 is 5.56 Å². The van der Waals surface area contributed by atoms with E-state index >= 15 is 0 Å². The van der Waals surface area contributed by atoms with Crippen molar-refractivity contribution < 1.29 is 4.79 Å². The van der Waals surface area contributed by atoms with Crippen molar-refractivity contribution in [1.29, 1.82) is 0 Å². The highest BCUT2D eigenvalue weighted by Crippen LogP contribution is 2.27. The van der Waals surface area contributed by atoms with Crippen LogP contribution >= 0.6 is 0 Å². The molecule has 1 aliphatic heterocycles. The van der Waals surface area contributed by atoms with Crippen LogP contribution in [0.15, 0.2) is 53.5 Å². The topological polar surface area (TPSA) is 83.9 Å². The van der Waals surface area contributed by atoms with Gasteiger partial charge in [0.2, 0.25) is 5.56 Å². The number of rotatable bonds is 2. The average molecular weight is 335 g/mol. The maximum atomic E-state index is 12.7. The number of nitrogens with one attached hydrogen (secondary N) is 1. The summed E-state index contributed by atoms with van der Waals surface area (Å²) in [6.45, 7) is 3.00. The van der Waals surface area contributed by atoms with Crippen molar-refractivity contribution in [3.63, 3.8) is 0 Å². The van der Waals surface area contributed by atoms with Gasteiger partial charge < -0.3 is 14.5 Å². The summed E-state index contributed by atoms with van der Waals surface area (Å²) in [4.78, 5) is 28.1. The van der Waals surface area contributed by atoms with Gasteiger partial charge in [-0.15, -0.1) is 10.2 Å². The van der Waals surface area contributed by atoms with Gasteiger partial charge in [-0.3, -0.25) is 9.59 Å². The molecule has 7 nitrogen and oxygen atoms in total. The molecule has 0 fully saturated rings. The number of nitrogens with zero attached hydrogens (tertiary/aromatic N) is 4. The molecule has 0 spiro atoms. The van der Waals surface area contributed by atoms with E-state index in [0.29, 0.717) is 18.7 Å². The van der Waals surface area contributed by atoms with E-state index in [4.69, 9.17) is 0 Å². The summed E-state index contributed by atoms with van der Waals surface area (Å²) in [6.07, 6.45) is 1.45. The van der Waals surface area contributed by atoms with Crippen LogP contribution in [0, 0.1) is 0 Å². The highest BCUT2D eigenvalue weighted by atomic mass is 16.2. The molecule has 2 aromatic heterocycles. The van der Waals surface area contributed by atoms with Gasteiger partial charge in [0.1, 0.15) is 0 Å². The molecule has 0 bridgehead atoms. The molecule has 7 heteroatoms. The average Bonchev–Trinajstić information content (AvgIpc) is 3.07. The molecule has 25 heavy (non-hydrogen) atoms. The molecule has 1 aromatic carbocycles. The Balaban J connectivity index is 1.64. The number of hydrogen-bond acceptors (Lipinski definition) is 4. The Morgan fingerprint density at radius 2 is 1.96 bits per heavy atom. The summed E-state index contributed by atoms with van der Waals surface area (Å²) in [5.41, 5.74) is 1.24. The maximum Gasteiger partial charge on any atom is 0.255 e. The first-order valence-corrected chi connectivity index (χ1v) is 8.10. The number of aromatic nitrogens is 4. The molecule has 1 aliphatic rings. The maximum absolute atomic E-state index is 12.7. The second-order valence-electron chi connectivity index (χ2n) is 6.15. The number of H-pyrrole nitrogens is 1. The van der Waals surface area contributed by atoms with Crippen LogP contribution in [0.25, 0.3) is 11.4 Å². The third kappa shape index (κ3) is 2.73. The Hall–Kier alpha value is -3.22. The van der Waals surface area contributed by atoms with Crippen LogP contribution in [0.2, 0.25) is 0 Å². The highest BCUT2D eigenvalue weighted by molar-refractivity contribution is 5.93. The summed E-state index contributed by atoms with van der Waals surface area (Å²) in [6, 6.07) is 12.9. The summed E-state index contributed by atoms with van der Waals surface area (Å²) in [5.74, 6) is 1.45. The number of carbonyl (C=O) groups excluding carboxylic acids is 1. The predicted molar refractivity (Wildman–Crippen MR) is 92.0 cm³/mol. The van der Waals surface area contributed by atoms with Crippen molar-refractivity contribution in [1.82, 2.24) is 24.6 Å². The van der Waals surface area contributed by atoms with E-state index in [0.717, 1.165) is 17.2 Å². The normalized spacial score (nSPS) is 16.5. The zero-order chi connectivity index (χ0) is 17.4. The number of benzene rings is 1. The summed E-state index contributed by atoms with van der Waals surface area (Å²) < 4.78 is 2.09. The lowest BCUT2D eigenvalue weighted by molar-refractivity contribution is 0.0681. The Morgan fingerprint density at radius 3 is 2.68 bits per heavy atom. The SMILES string of the molecule is C[C@H]1CN(C(=O)c2ccc(=O)[nH]c2)Cc2nnc(-c3ccccc3)n21. The van der Waals surface area contributed by atoms with Crippen LogP contribution in [0.3, 0.4) is 0 Å². The second kappa shape index (κ2) is 6.01. The number of pyridine rings is 1. The number of amides is 1. The molecule has 1 atom stereocenters. The summed E-state index contributed by atoms with van der Waals surface area (Å²) >= 11 is 0. The van der Waals surface area contributed by atoms with E-state index in [1.54, 1.807) is 11.0 Å². The van der Waals surface area contributed by atoms with E-state index < -0.39 is 0 Å². The van der Waals surface area contributed by atoms with Gasteiger partial charge in [0, 0.05) is 24.4 Å². The van der Waals surface area contributed by atoms with Crippen molar-refractivity contribution in [3.8, 4) is 11.4 Å². The van der Waals surface area contributed by atoms with Gasteiger partial charge in [-0.05, 0) is 13.0 Å². The molecule has 0 saturated heterocycles. The molecule has 0 aliphatic carbocycles. The fourth-order valence-electron chi connectivity index (χ4n) is 3.20. The monoisotopic (exact) mass is 335 g/mol. The Morgan fingerprint density at radius 1 is 1.16 bits per heavy atom. The zero-order valence-electron chi connectivity index (χ0n) is 13.7. The fraction of sp³-hybridized carbons (Fsp3) is 0.222. The van der Waals surface area contributed by atoms with Crippen molar-refractivity contribution in [3.05, 3.63) is 70.4 Å². The molecule has 0 saturated carbocycles. The lowest BCUT2D eigenvalue weighted by Gasteiger charge is -2.32. The zero-order valence-corrected chi connectivity index (χ0v) is 13.7. The molecular formula is C18H17N5O2. The Bertz CT molecular complexity index is 956. The van der Waals surface area contributed by atoms with Crippen LogP contribution in [0.5, 0.6) is 0 Å². The number of aromatic amines is 1. The van der Waals surface area contributed by atoms with Gasteiger partial charge >= 0.3 is 0 Å². The molecule has 3 aromatic rings. The minimum Gasteiger partial charge on any atom is -0.329 e. The fourth-order valence-corrected chi connectivity index (χ4v) is 3.20. The third-order valence-corrected chi connectivity index (χ3v) is 4.37. The van der Waals surface area contributed by atoms with Gasteiger partial charge in [-0.2, -0.15) is 0 Å². The lowest BCUT2D eigenvalue weighted by Crippen LogP contribution is -2.40. The molecule has 1 amide bonds. The van der Waals surface area contributed by atoms with Gasteiger partial charge in [0.25, 0.3) is 5.91 Å². The van der Waals surface area contributed by atoms with E-state index in [1.165, 1.54) is 12.3 Å². The summed E-state index contributed by atoms with van der Waals surface area (Å²) in [7, 11) is 0. The Labute approximate surface area is 143 Å². The van der Waals surface area contributed by atoms with Crippen molar-refractivity contribution >= 4 is 5.91 Å². The van der Waals surface area contributed by atoms with Gasteiger partial charge in [-0.1, -0.05) is 30.3 Å². The quantitative estimate of drug-likeness (QED) is 0.775. The molecule has 126 valence electrons. The number of fused-ring (bicyclic) bond motifs is 1. The van der Waals surface area contributed by atoms with E-state index in [-0.39, 0.29) is 17.5 Å². The summed E-state index contributed by atoms with van der Waals surface area (Å²) in [5, 5.41) is 8.61. The van der Waals surface area contributed by atoms with E-state index in [9.17, 15) is 9.59 Å². The molecule has 3 heterocycles. The first-order chi connectivity index (χ1) is 12.1. The van der Waals surface area contributed by atoms with Gasteiger partial charge in [-0.25, -0.2) is 0 Å². The van der Waals surface area contributed by atoms with Crippen LogP contribution in [0.4, 0.5) is 0 Å². The minimum atomic E-state index is -0.226. The number of carbonyl (C=O) groups is 1. The first-order valence-electron chi connectivity index (χ1n) is 8.10. The smallest absolute Gasteiger partial charge is 0.255 e. The predicted octanol–water partition coefficient (Wildman–Crippen LogP) is 1.85. The third-order valence-electron chi connectivity index (χ3n) is 4.37. The molecular weight excluding hydrogens is 318 g/mol. The molecule has 0 unspecified atom stereocenters. The van der Waals surface area contributed by atoms with Crippen LogP contribution in [0.1, 0.15) is 29.1 Å². The Kier molecular flexibility index (Phi) is 3.68. The van der Waals surface area contributed by atoms with E-state index in [1.807, 2.05) is 37.3 Å². The molecule has 4 rings (SSSR count). The van der Waals surface area contributed by atoms with Crippen molar-refractivity contribution in [2.75, 3.05) is 6.54 Å².